The Labute approximate surface area is 175 Å². The summed E-state index contributed by atoms with van der Waals surface area (Å²) in [5.74, 6) is -0.112. The van der Waals surface area contributed by atoms with E-state index in [1.807, 2.05) is 65.1 Å². The summed E-state index contributed by atoms with van der Waals surface area (Å²) in [6.45, 7) is 7.46. The number of carbonyl (C=O) groups excluding carboxylic acids is 1. The summed E-state index contributed by atoms with van der Waals surface area (Å²) in [5.41, 5.74) is 4.19. The molecule has 3 heterocycles. The third-order valence-corrected chi connectivity index (χ3v) is 4.98. The van der Waals surface area contributed by atoms with Gasteiger partial charge < -0.3 is 5.32 Å². The highest BCUT2D eigenvalue weighted by atomic mass is 16.1. The summed E-state index contributed by atoms with van der Waals surface area (Å²) in [4.78, 5) is 17.9. The Hall–Kier alpha value is -3.48. The van der Waals surface area contributed by atoms with Gasteiger partial charge in [-0.2, -0.15) is 10.2 Å². The van der Waals surface area contributed by atoms with Crippen molar-refractivity contribution in [2.75, 3.05) is 6.54 Å². The monoisotopic (exact) mass is 402 g/mol. The minimum absolute atomic E-state index is 0.112. The van der Waals surface area contributed by atoms with Crippen molar-refractivity contribution >= 4 is 16.9 Å². The van der Waals surface area contributed by atoms with Gasteiger partial charge in [0.05, 0.1) is 29.0 Å². The molecule has 154 valence electrons. The highest BCUT2D eigenvalue weighted by Gasteiger charge is 2.18. The zero-order valence-electron chi connectivity index (χ0n) is 17.5. The predicted octanol–water partition coefficient (Wildman–Crippen LogP) is 4.00. The molecule has 1 N–H and O–H groups in total. The second kappa shape index (κ2) is 8.49. The van der Waals surface area contributed by atoms with Crippen molar-refractivity contribution in [3.05, 3.63) is 66.1 Å². The minimum atomic E-state index is -0.112. The first kappa shape index (κ1) is 19.8. The number of nitrogens with one attached hydrogen (secondary N) is 1. The second-order valence-corrected chi connectivity index (χ2v) is 7.73. The Bertz CT molecular complexity index is 1160. The van der Waals surface area contributed by atoms with E-state index in [0.717, 1.165) is 40.8 Å². The highest BCUT2D eigenvalue weighted by molar-refractivity contribution is 6.06. The third kappa shape index (κ3) is 4.10. The standard InChI is InChI=1S/C23H26N6O/c1-16(2)29-22-20(14-26-29)19(12-21(27-22)18-8-5-4-6-9-18)23(30)24-10-7-11-28-15-17(3)13-25-28/h4-6,8-9,12-16H,7,10-11H2,1-3H3,(H,24,30). The van der Waals surface area contributed by atoms with E-state index in [9.17, 15) is 4.79 Å². The van der Waals surface area contributed by atoms with E-state index in [1.54, 1.807) is 6.20 Å². The van der Waals surface area contributed by atoms with Crippen LogP contribution in [0.5, 0.6) is 0 Å². The molecule has 0 atom stereocenters. The molecule has 30 heavy (non-hydrogen) atoms. The molecule has 7 heteroatoms. The summed E-state index contributed by atoms with van der Waals surface area (Å²) >= 11 is 0. The van der Waals surface area contributed by atoms with E-state index in [2.05, 4.69) is 29.4 Å². The van der Waals surface area contributed by atoms with Gasteiger partial charge in [-0.25, -0.2) is 9.67 Å². The number of pyridine rings is 1. The Morgan fingerprint density at radius 1 is 1.13 bits per heavy atom. The average molecular weight is 403 g/mol. The van der Waals surface area contributed by atoms with Crippen molar-refractivity contribution in [2.24, 2.45) is 0 Å². The fraction of sp³-hybridized carbons (Fsp3) is 0.304. The van der Waals surface area contributed by atoms with E-state index in [1.165, 1.54) is 0 Å². The molecule has 0 radical (unpaired) electrons. The quantitative estimate of drug-likeness (QED) is 0.474. The summed E-state index contributed by atoms with van der Waals surface area (Å²) in [6, 6.07) is 11.9. The number of benzene rings is 1. The Morgan fingerprint density at radius 3 is 2.63 bits per heavy atom. The van der Waals surface area contributed by atoms with E-state index >= 15 is 0 Å². The molecule has 4 aromatic rings. The van der Waals surface area contributed by atoms with Crippen molar-refractivity contribution in [1.82, 2.24) is 29.9 Å². The first-order valence-electron chi connectivity index (χ1n) is 10.2. The van der Waals surface area contributed by atoms with Gasteiger partial charge in [0.2, 0.25) is 0 Å². The lowest BCUT2D eigenvalue weighted by Crippen LogP contribution is -2.25. The van der Waals surface area contributed by atoms with Gasteiger partial charge in [0.15, 0.2) is 5.65 Å². The summed E-state index contributed by atoms with van der Waals surface area (Å²) in [6.07, 6.45) is 6.38. The van der Waals surface area contributed by atoms with Crippen LogP contribution in [0, 0.1) is 6.92 Å². The smallest absolute Gasteiger partial charge is 0.252 e. The van der Waals surface area contributed by atoms with Gasteiger partial charge in [0.1, 0.15) is 0 Å². The number of fused-ring (bicyclic) bond motifs is 1. The van der Waals surface area contributed by atoms with Crippen LogP contribution in [0.2, 0.25) is 0 Å². The van der Waals surface area contributed by atoms with Gasteiger partial charge in [0, 0.05) is 30.9 Å². The average Bonchev–Trinajstić information content (AvgIpc) is 3.37. The van der Waals surface area contributed by atoms with Gasteiger partial charge in [0.25, 0.3) is 5.91 Å². The third-order valence-electron chi connectivity index (χ3n) is 4.98. The van der Waals surface area contributed by atoms with Crippen molar-refractivity contribution < 1.29 is 4.79 Å². The maximum Gasteiger partial charge on any atom is 0.252 e. The molecule has 0 aliphatic heterocycles. The fourth-order valence-electron chi connectivity index (χ4n) is 3.47. The van der Waals surface area contributed by atoms with Gasteiger partial charge in [-0.1, -0.05) is 30.3 Å². The topological polar surface area (TPSA) is 77.6 Å². The van der Waals surface area contributed by atoms with E-state index < -0.39 is 0 Å². The number of rotatable bonds is 7. The Kier molecular flexibility index (Phi) is 5.61. The van der Waals surface area contributed by atoms with Crippen molar-refractivity contribution in [3.8, 4) is 11.3 Å². The molecule has 0 aliphatic rings. The van der Waals surface area contributed by atoms with Crippen LogP contribution in [-0.2, 0) is 6.54 Å². The first-order valence-corrected chi connectivity index (χ1v) is 10.2. The molecule has 0 spiro atoms. The van der Waals surface area contributed by atoms with Crippen LogP contribution in [0.4, 0.5) is 0 Å². The molecule has 0 saturated heterocycles. The molecule has 0 bridgehead atoms. The van der Waals surface area contributed by atoms with E-state index in [-0.39, 0.29) is 11.9 Å². The lowest BCUT2D eigenvalue weighted by molar-refractivity contribution is 0.0954. The molecule has 7 nitrogen and oxygen atoms in total. The number of nitrogens with zero attached hydrogens (tertiary/aromatic N) is 5. The fourth-order valence-corrected chi connectivity index (χ4v) is 3.47. The maximum absolute atomic E-state index is 13.0. The predicted molar refractivity (Wildman–Crippen MR) is 117 cm³/mol. The number of hydrogen-bond donors (Lipinski definition) is 1. The van der Waals surface area contributed by atoms with Crippen LogP contribution in [0.15, 0.2) is 55.0 Å². The number of aromatic nitrogens is 5. The second-order valence-electron chi connectivity index (χ2n) is 7.73. The van der Waals surface area contributed by atoms with Crippen LogP contribution in [0.1, 0.15) is 42.2 Å². The molecule has 0 unspecified atom stereocenters. The lowest BCUT2D eigenvalue weighted by Gasteiger charge is -2.11. The van der Waals surface area contributed by atoms with Crippen LogP contribution < -0.4 is 5.32 Å². The van der Waals surface area contributed by atoms with Crippen LogP contribution in [0.3, 0.4) is 0 Å². The molecule has 0 saturated carbocycles. The SMILES string of the molecule is Cc1cnn(CCCNC(=O)c2cc(-c3ccccc3)nc3c2cnn3C(C)C)c1. The summed E-state index contributed by atoms with van der Waals surface area (Å²) in [7, 11) is 0. The summed E-state index contributed by atoms with van der Waals surface area (Å²) < 4.78 is 3.75. The maximum atomic E-state index is 13.0. The molecular formula is C23H26N6O. The van der Waals surface area contributed by atoms with Gasteiger partial charge >= 0.3 is 0 Å². The van der Waals surface area contributed by atoms with Gasteiger partial charge in [-0.05, 0) is 38.8 Å². The normalized spacial score (nSPS) is 11.3. The van der Waals surface area contributed by atoms with Gasteiger partial charge in [-0.3, -0.25) is 9.48 Å². The van der Waals surface area contributed by atoms with Crippen LogP contribution in [-0.4, -0.2) is 37.0 Å². The van der Waals surface area contributed by atoms with Crippen molar-refractivity contribution in [2.45, 2.75) is 39.8 Å². The van der Waals surface area contributed by atoms with E-state index in [4.69, 9.17) is 4.98 Å². The number of carbonyl (C=O) groups is 1. The van der Waals surface area contributed by atoms with Crippen molar-refractivity contribution in [3.63, 3.8) is 0 Å². The molecule has 1 aromatic carbocycles. The summed E-state index contributed by atoms with van der Waals surface area (Å²) in [5, 5.41) is 12.6. The lowest BCUT2D eigenvalue weighted by atomic mass is 10.1. The molecule has 1 amide bonds. The molecule has 4 rings (SSSR count). The van der Waals surface area contributed by atoms with Crippen molar-refractivity contribution in [1.29, 1.82) is 0 Å². The molecule has 0 fully saturated rings. The van der Waals surface area contributed by atoms with E-state index in [0.29, 0.717) is 12.1 Å². The zero-order chi connectivity index (χ0) is 21.1. The largest absolute Gasteiger partial charge is 0.352 e. The van der Waals surface area contributed by atoms with Crippen LogP contribution in [0.25, 0.3) is 22.3 Å². The number of hydrogen-bond acceptors (Lipinski definition) is 4. The first-order chi connectivity index (χ1) is 14.5. The molecule has 0 aliphatic carbocycles. The number of amides is 1. The molecular weight excluding hydrogens is 376 g/mol. The zero-order valence-corrected chi connectivity index (χ0v) is 17.5. The van der Waals surface area contributed by atoms with Crippen LogP contribution >= 0.6 is 0 Å². The minimum Gasteiger partial charge on any atom is -0.352 e. The molecule has 3 aromatic heterocycles. The number of aryl methyl sites for hydroxylation is 2. The highest BCUT2D eigenvalue weighted by Crippen LogP contribution is 2.26. The Morgan fingerprint density at radius 2 is 1.93 bits per heavy atom. The Balaban J connectivity index is 1.59. The van der Waals surface area contributed by atoms with Gasteiger partial charge in [-0.15, -0.1) is 0 Å².